The molecule has 3 rings (SSSR count). The molecule has 0 atom stereocenters. The van der Waals surface area contributed by atoms with Crippen molar-refractivity contribution in [3.05, 3.63) is 47.5 Å². The van der Waals surface area contributed by atoms with Crippen LogP contribution in [0.2, 0.25) is 0 Å². The summed E-state index contributed by atoms with van der Waals surface area (Å²) in [6.45, 7) is 4.55. The van der Waals surface area contributed by atoms with Crippen LogP contribution in [-0.2, 0) is 11.2 Å². The molecule has 0 N–H and O–H groups in total. The third-order valence-electron chi connectivity index (χ3n) is 8.07. The van der Waals surface area contributed by atoms with Crippen LogP contribution >= 0.6 is 0 Å². The molecule has 0 aromatic heterocycles. The molecule has 0 saturated heterocycles. The molecule has 1 aromatic rings. The molecule has 0 unspecified atom stereocenters. The third-order valence-corrected chi connectivity index (χ3v) is 8.07. The first-order valence-electron chi connectivity index (χ1n) is 14.1. The summed E-state index contributed by atoms with van der Waals surface area (Å²) in [5.74, 6) is 2.47. The standard InChI is InChI=1S/C31H48O2/c1-3-5-6-10-26-13-15-27(16-14-26)11-7-8-12-28-17-21-29(22-18-28)31(32)33-30-23-19-25(9-4-2)20-24-30/h7,11,17-18,21-22,25-27,30H,3-6,8-10,12-16,19-20,23-24H2,1-2H3/b11-7+. The number of hydrogen-bond donors (Lipinski definition) is 0. The van der Waals surface area contributed by atoms with Gasteiger partial charge in [-0.2, -0.15) is 0 Å². The molecule has 0 heterocycles. The van der Waals surface area contributed by atoms with Gasteiger partial charge in [-0.3, -0.25) is 0 Å². The van der Waals surface area contributed by atoms with Crippen molar-refractivity contribution in [2.75, 3.05) is 0 Å². The van der Waals surface area contributed by atoms with Crippen LogP contribution in [0.1, 0.15) is 126 Å². The van der Waals surface area contributed by atoms with E-state index >= 15 is 0 Å². The second-order valence-electron chi connectivity index (χ2n) is 10.8. The number of ether oxygens (including phenoxy) is 1. The van der Waals surface area contributed by atoms with Crippen molar-refractivity contribution in [2.45, 2.75) is 123 Å². The maximum Gasteiger partial charge on any atom is 0.338 e. The highest BCUT2D eigenvalue weighted by Gasteiger charge is 2.24. The zero-order valence-corrected chi connectivity index (χ0v) is 21.4. The lowest BCUT2D eigenvalue weighted by Gasteiger charge is -2.28. The summed E-state index contributed by atoms with van der Waals surface area (Å²) in [6.07, 6.45) is 25.4. The average molecular weight is 453 g/mol. The molecular weight excluding hydrogens is 404 g/mol. The van der Waals surface area contributed by atoms with Gasteiger partial charge in [-0.15, -0.1) is 0 Å². The van der Waals surface area contributed by atoms with Gasteiger partial charge < -0.3 is 4.74 Å². The number of esters is 1. The third kappa shape index (κ3) is 9.30. The van der Waals surface area contributed by atoms with Crippen LogP contribution in [0.3, 0.4) is 0 Å². The molecule has 2 saturated carbocycles. The minimum atomic E-state index is -0.148. The molecule has 0 amide bonds. The van der Waals surface area contributed by atoms with E-state index in [0.29, 0.717) is 5.56 Å². The molecule has 0 radical (unpaired) electrons. The van der Waals surface area contributed by atoms with E-state index in [2.05, 4.69) is 38.1 Å². The molecular formula is C31H48O2. The summed E-state index contributed by atoms with van der Waals surface area (Å²) < 4.78 is 5.79. The van der Waals surface area contributed by atoms with Gasteiger partial charge in [0.05, 0.1) is 5.56 Å². The van der Waals surface area contributed by atoms with Crippen molar-refractivity contribution < 1.29 is 9.53 Å². The molecule has 2 nitrogen and oxygen atoms in total. The lowest BCUT2D eigenvalue weighted by atomic mass is 9.79. The Morgan fingerprint density at radius 1 is 0.848 bits per heavy atom. The van der Waals surface area contributed by atoms with Gasteiger partial charge in [-0.05, 0) is 99.7 Å². The fourth-order valence-electron chi connectivity index (χ4n) is 5.86. The van der Waals surface area contributed by atoms with E-state index in [-0.39, 0.29) is 12.1 Å². The lowest BCUT2D eigenvalue weighted by molar-refractivity contribution is 0.0161. The number of allylic oxidation sites excluding steroid dienone is 2. The number of benzene rings is 1. The van der Waals surface area contributed by atoms with Crippen LogP contribution in [-0.4, -0.2) is 12.1 Å². The smallest absolute Gasteiger partial charge is 0.338 e. The molecule has 2 aliphatic rings. The molecule has 2 aliphatic carbocycles. The van der Waals surface area contributed by atoms with Gasteiger partial charge in [0.25, 0.3) is 0 Å². The van der Waals surface area contributed by atoms with Crippen LogP contribution in [0.25, 0.3) is 0 Å². The fourth-order valence-corrected chi connectivity index (χ4v) is 5.86. The van der Waals surface area contributed by atoms with E-state index in [1.807, 2.05) is 12.1 Å². The molecule has 2 heteroatoms. The first-order valence-corrected chi connectivity index (χ1v) is 14.1. The molecule has 0 bridgehead atoms. The first kappa shape index (κ1) is 26.0. The van der Waals surface area contributed by atoms with Crippen LogP contribution < -0.4 is 0 Å². The average Bonchev–Trinajstić information content (AvgIpc) is 2.85. The van der Waals surface area contributed by atoms with Crippen molar-refractivity contribution in [3.8, 4) is 0 Å². The van der Waals surface area contributed by atoms with Crippen LogP contribution in [0.15, 0.2) is 36.4 Å². The minimum absolute atomic E-state index is 0.113. The van der Waals surface area contributed by atoms with Gasteiger partial charge >= 0.3 is 5.97 Å². The van der Waals surface area contributed by atoms with E-state index < -0.39 is 0 Å². The molecule has 184 valence electrons. The Labute approximate surface area is 203 Å². The quantitative estimate of drug-likeness (QED) is 0.179. The number of carbonyl (C=O) groups excluding carboxylic acids is 1. The van der Waals surface area contributed by atoms with Crippen molar-refractivity contribution >= 4 is 5.97 Å². The first-order chi connectivity index (χ1) is 16.2. The van der Waals surface area contributed by atoms with Gasteiger partial charge in [0.15, 0.2) is 0 Å². The Bertz CT molecular complexity index is 688. The molecule has 2 fully saturated rings. The van der Waals surface area contributed by atoms with E-state index in [0.717, 1.165) is 43.4 Å². The molecule has 0 aliphatic heterocycles. The summed E-state index contributed by atoms with van der Waals surface area (Å²) in [7, 11) is 0. The van der Waals surface area contributed by atoms with Gasteiger partial charge in [-0.1, -0.05) is 76.7 Å². The summed E-state index contributed by atoms with van der Waals surface area (Å²) >= 11 is 0. The molecule has 33 heavy (non-hydrogen) atoms. The van der Waals surface area contributed by atoms with Gasteiger partial charge in [0.2, 0.25) is 0 Å². The number of aryl methyl sites for hydroxylation is 1. The highest BCUT2D eigenvalue weighted by Crippen LogP contribution is 2.33. The number of carbonyl (C=O) groups is 1. The molecule has 0 spiro atoms. The van der Waals surface area contributed by atoms with Crippen molar-refractivity contribution in [3.63, 3.8) is 0 Å². The number of hydrogen-bond acceptors (Lipinski definition) is 2. The van der Waals surface area contributed by atoms with Gasteiger partial charge in [-0.25, -0.2) is 4.79 Å². The number of rotatable bonds is 12. The predicted octanol–water partition coefficient (Wildman–Crippen LogP) is 9.08. The normalized spacial score (nSPS) is 25.9. The molecule has 1 aromatic carbocycles. The maximum absolute atomic E-state index is 12.5. The largest absolute Gasteiger partial charge is 0.459 e. The van der Waals surface area contributed by atoms with E-state index in [1.165, 1.54) is 82.6 Å². The van der Waals surface area contributed by atoms with E-state index in [1.54, 1.807) is 0 Å². The monoisotopic (exact) mass is 452 g/mol. The summed E-state index contributed by atoms with van der Waals surface area (Å²) in [4.78, 5) is 12.5. The Kier molecular flexibility index (Phi) is 11.6. The zero-order valence-electron chi connectivity index (χ0n) is 21.4. The lowest BCUT2D eigenvalue weighted by Crippen LogP contribution is -2.24. The predicted molar refractivity (Wildman–Crippen MR) is 140 cm³/mol. The van der Waals surface area contributed by atoms with Crippen molar-refractivity contribution in [2.24, 2.45) is 17.8 Å². The second-order valence-corrected chi connectivity index (χ2v) is 10.8. The van der Waals surface area contributed by atoms with Crippen LogP contribution in [0.5, 0.6) is 0 Å². The summed E-state index contributed by atoms with van der Waals surface area (Å²) in [5, 5.41) is 0. The minimum Gasteiger partial charge on any atom is -0.459 e. The Morgan fingerprint density at radius 3 is 2.18 bits per heavy atom. The van der Waals surface area contributed by atoms with E-state index in [4.69, 9.17) is 4.74 Å². The Hall–Kier alpha value is -1.57. The highest BCUT2D eigenvalue weighted by molar-refractivity contribution is 5.89. The van der Waals surface area contributed by atoms with Gasteiger partial charge in [0, 0.05) is 0 Å². The summed E-state index contributed by atoms with van der Waals surface area (Å²) in [6, 6.07) is 8.10. The van der Waals surface area contributed by atoms with Crippen LogP contribution in [0.4, 0.5) is 0 Å². The fraction of sp³-hybridized carbons (Fsp3) is 0.710. The second kappa shape index (κ2) is 14.6. The SMILES string of the molecule is CCCCCC1CCC(/C=C/CCc2ccc(C(=O)OC3CCC(CCC)CC3)cc2)CC1. The zero-order chi connectivity index (χ0) is 23.3. The van der Waals surface area contributed by atoms with E-state index in [9.17, 15) is 4.79 Å². The Balaban J connectivity index is 1.32. The van der Waals surface area contributed by atoms with Crippen molar-refractivity contribution in [1.82, 2.24) is 0 Å². The Morgan fingerprint density at radius 2 is 1.52 bits per heavy atom. The maximum atomic E-state index is 12.5. The van der Waals surface area contributed by atoms with Crippen molar-refractivity contribution in [1.29, 1.82) is 0 Å². The van der Waals surface area contributed by atoms with Crippen LogP contribution in [0, 0.1) is 17.8 Å². The summed E-state index contributed by atoms with van der Waals surface area (Å²) in [5.41, 5.74) is 2.00. The highest BCUT2D eigenvalue weighted by atomic mass is 16.5. The van der Waals surface area contributed by atoms with Gasteiger partial charge in [0.1, 0.15) is 6.10 Å². The topological polar surface area (TPSA) is 26.3 Å². The number of unbranched alkanes of at least 4 members (excludes halogenated alkanes) is 2.